The van der Waals surface area contributed by atoms with E-state index in [1.807, 2.05) is 43.7 Å². The van der Waals surface area contributed by atoms with Gasteiger partial charge in [-0.1, -0.05) is 26.8 Å². The maximum atomic E-state index is 11.8. The van der Waals surface area contributed by atoms with Crippen molar-refractivity contribution in [3.05, 3.63) is 22.9 Å². The Morgan fingerprint density at radius 1 is 1.35 bits per heavy atom. The molecule has 2 aromatic heterocycles. The monoisotopic (exact) mass is 266 g/mol. The normalized spacial score (nSPS) is 11.5. The lowest BCUT2D eigenvalue weighted by atomic mass is 9.96. The molecular weight excluding hydrogens is 252 g/mol. The zero-order chi connectivity index (χ0) is 12.5. The van der Waals surface area contributed by atoms with Gasteiger partial charge in [0.2, 0.25) is 5.91 Å². The van der Waals surface area contributed by atoms with Crippen LogP contribution in [0.2, 0.25) is 0 Å². The maximum Gasteiger partial charge on any atom is 0.231 e. The van der Waals surface area contributed by atoms with Gasteiger partial charge in [0.15, 0.2) is 5.13 Å². The Balaban J connectivity index is 2.12. The molecule has 0 aliphatic heterocycles. The topological polar surface area (TPSA) is 42.0 Å². The largest absolute Gasteiger partial charge is 0.302 e. The van der Waals surface area contributed by atoms with E-state index in [4.69, 9.17) is 0 Å². The van der Waals surface area contributed by atoms with Gasteiger partial charge in [0.05, 0.1) is 10.6 Å². The Morgan fingerprint density at radius 2 is 2.12 bits per heavy atom. The van der Waals surface area contributed by atoms with E-state index in [2.05, 4.69) is 10.3 Å². The second kappa shape index (κ2) is 4.58. The molecule has 0 saturated carbocycles. The van der Waals surface area contributed by atoms with Crippen LogP contribution in [-0.4, -0.2) is 10.9 Å². The third kappa shape index (κ3) is 2.92. The Bertz CT molecular complexity index is 509. The summed E-state index contributed by atoms with van der Waals surface area (Å²) < 4.78 is 0. The van der Waals surface area contributed by atoms with Crippen LogP contribution in [0, 0.1) is 5.41 Å². The number of hydrogen-bond donors (Lipinski definition) is 1. The standard InChI is InChI=1S/C12H14N2OS2/c1-12(2,3)10(15)14-11-13-8(7-17-11)9-5-4-6-16-9/h4-7H,1-3H3,(H,13,14,15). The van der Waals surface area contributed by atoms with Gasteiger partial charge in [-0.2, -0.15) is 0 Å². The molecule has 0 aliphatic rings. The van der Waals surface area contributed by atoms with Crippen LogP contribution in [0.3, 0.4) is 0 Å². The molecule has 1 amide bonds. The summed E-state index contributed by atoms with van der Waals surface area (Å²) in [4.78, 5) is 17.3. The molecule has 0 radical (unpaired) electrons. The molecule has 0 aliphatic carbocycles. The molecule has 0 saturated heterocycles. The number of hydrogen-bond acceptors (Lipinski definition) is 4. The quantitative estimate of drug-likeness (QED) is 0.897. The van der Waals surface area contributed by atoms with Crippen LogP contribution in [0.4, 0.5) is 5.13 Å². The molecule has 0 fully saturated rings. The molecule has 3 nitrogen and oxygen atoms in total. The maximum absolute atomic E-state index is 11.8. The highest BCUT2D eigenvalue weighted by atomic mass is 32.1. The van der Waals surface area contributed by atoms with Crippen LogP contribution >= 0.6 is 22.7 Å². The number of anilines is 1. The van der Waals surface area contributed by atoms with E-state index in [1.165, 1.54) is 11.3 Å². The molecule has 0 unspecified atom stereocenters. The molecule has 0 spiro atoms. The number of carbonyl (C=O) groups is 1. The summed E-state index contributed by atoms with van der Waals surface area (Å²) in [7, 11) is 0. The van der Waals surface area contributed by atoms with Crippen molar-refractivity contribution in [3.8, 4) is 10.6 Å². The first-order valence-electron chi connectivity index (χ1n) is 5.28. The van der Waals surface area contributed by atoms with Crippen molar-refractivity contribution in [2.24, 2.45) is 5.41 Å². The number of carbonyl (C=O) groups excluding carboxylic acids is 1. The van der Waals surface area contributed by atoms with Gasteiger partial charge in [0.25, 0.3) is 0 Å². The fourth-order valence-corrected chi connectivity index (χ4v) is 2.62. The number of nitrogens with zero attached hydrogens (tertiary/aromatic N) is 1. The molecule has 17 heavy (non-hydrogen) atoms. The smallest absolute Gasteiger partial charge is 0.231 e. The van der Waals surface area contributed by atoms with Gasteiger partial charge in [0, 0.05) is 10.8 Å². The van der Waals surface area contributed by atoms with Crippen LogP contribution in [0.5, 0.6) is 0 Å². The van der Waals surface area contributed by atoms with Crippen molar-refractivity contribution >= 4 is 33.7 Å². The summed E-state index contributed by atoms with van der Waals surface area (Å²) >= 11 is 3.10. The first-order valence-corrected chi connectivity index (χ1v) is 7.03. The van der Waals surface area contributed by atoms with E-state index in [0.717, 1.165) is 10.6 Å². The fourth-order valence-electron chi connectivity index (χ4n) is 1.15. The minimum Gasteiger partial charge on any atom is -0.302 e. The third-order valence-corrected chi connectivity index (χ3v) is 3.83. The summed E-state index contributed by atoms with van der Waals surface area (Å²) in [5.74, 6) is -0.00965. The lowest BCUT2D eigenvalue weighted by Crippen LogP contribution is -2.27. The highest BCUT2D eigenvalue weighted by Gasteiger charge is 2.22. The highest BCUT2D eigenvalue weighted by Crippen LogP contribution is 2.29. The number of amides is 1. The summed E-state index contributed by atoms with van der Waals surface area (Å²) in [6.07, 6.45) is 0. The van der Waals surface area contributed by atoms with Gasteiger partial charge in [-0.15, -0.1) is 22.7 Å². The van der Waals surface area contributed by atoms with Crippen LogP contribution in [0.25, 0.3) is 10.6 Å². The van der Waals surface area contributed by atoms with E-state index < -0.39 is 5.41 Å². The zero-order valence-corrected chi connectivity index (χ0v) is 11.6. The molecule has 5 heteroatoms. The van der Waals surface area contributed by atoms with Gasteiger partial charge >= 0.3 is 0 Å². The Kier molecular flexibility index (Phi) is 3.31. The molecule has 2 rings (SSSR count). The van der Waals surface area contributed by atoms with Crippen molar-refractivity contribution in [2.45, 2.75) is 20.8 Å². The molecule has 0 aromatic carbocycles. The van der Waals surface area contributed by atoms with Gasteiger partial charge < -0.3 is 5.32 Å². The lowest BCUT2D eigenvalue weighted by Gasteiger charge is -2.15. The number of thiazole rings is 1. The minimum absolute atomic E-state index is 0.00965. The fraction of sp³-hybridized carbons (Fsp3) is 0.333. The Morgan fingerprint density at radius 3 is 2.71 bits per heavy atom. The van der Waals surface area contributed by atoms with Crippen molar-refractivity contribution in [3.63, 3.8) is 0 Å². The third-order valence-electron chi connectivity index (χ3n) is 2.18. The number of thiophene rings is 1. The summed E-state index contributed by atoms with van der Waals surface area (Å²) in [6.45, 7) is 5.66. The van der Waals surface area contributed by atoms with E-state index in [9.17, 15) is 4.79 Å². The second-order valence-electron chi connectivity index (χ2n) is 4.72. The van der Waals surface area contributed by atoms with Crippen LogP contribution in [0.1, 0.15) is 20.8 Å². The highest BCUT2D eigenvalue weighted by molar-refractivity contribution is 7.16. The summed E-state index contributed by atoms with van der Waals surface area (Å²) in [6, 6.07) is 4.02. The van der Waals surface area contributed by atoms with Gasteiger partial charge in [-0.3, -0.25) is 4.79 Å². The SMILES string of the molecule is CC(C)(C)C(=O)Nc1nc(-c2cccs2)cs1. The van der Waals surface area contributed by atoms with E-state index >= 15 is 0 Å². The van der Waals surface area contributed by atoms with Crippen LogP contribution < -0.4 is 5.32 Å². The van der Waals surface area contributed by atoms with Crippen LogP contribution in [-0.2, 0) is 4.79 Å². The minimum atomic E-state index is -0.394. The van der Waals surface area contributed by atoms with Crippen molar-refractivity contribution in [1.29, 1.82) is 0 Å². The van der Waals surface area contributed by atoms with E-state index in [-0.39, 0.29) is 5.91 Å². The first kappa shape index (κ1) is 12.3. The summed E-state index contributed by atoms with van der Waals surface area (Å²) in [5.41, 5.74) is 0.531. The zero-order valence-electron chi connectivity index (χ0n) is 9.98. The number of nitrogens with one attached hydrogen (secondary N) is 1. The summed E-state index contributed by atoms with van der Waals surface area (Å²) in [5, 5.41) is 7.48. The molecule has 2 aromatic rings. The molecule has 1 N–H and O–H groups in total. The molecular formula is C12H14N2OS2. The predicted octanol–water partition coefficient (Wildman–Crippen LogP) is 3.86. The average molecular weight is 266 g/mol. The van der Waals surface area contributed by atoms with Crippen molar-refractivity contribution in [1.82, 2.24) is 4.98 Å². The van der Waals surface area contributed by atoms with Crippen LogP contribution in [0.15, 0.2) is 22.9 Å². The average Bonchev–Trinajstić information content (AvgIpc) is 2.83. The molecule has 0 atom stereocenters. The van der Waals surface area contributed by atoms with Gasteiger partial charge in [-0.25, -0.2) is 4.98 Å². The molecule has 2 heterocycles. The lowest BCUT2D eigenvalue weighted by molar-refractivity contribution is -0.123. The predicted molar refractivity (Wildman–Crippen MR) is 73.5 cm³/mol. The van der Waals surface area contributed by atoms with Crippen molar-refractivity contribution < 1.29 is 4.79 Å². The Labute approximate surface area is 109 Å². The van der Waals surface area contributed by atoms with E-state index in [1.54, 1.807) is 11.3 Å². The molecule has 90 valence electrons. The van der Waals surface area contributed by atoms with Gasteiger partial charge in [0.1, 0.15) is 0 Å². The first-order chi connectivity index (χ1) is 7.97. The van der Waals surface area contributed by atoms with Gasteiger partial charge in [-0.05, 0) is 11.4 Å². The Hall–Kier alpha value is -1.20. The number of rotatable bonds is 2. The van der Waals surface area contributed by atoms with E-state index in [0.29, 0.717) is 5.13 Å². The number of aromatic nitrogens is 1. The van der Waals surface area contributed by atoms with Crippen molar-refractivity contribution in [2.75, 3.05) is 5.32 Å². The second-order valence-corrected chi connectivity index (χ2v) is 6.53. The molecule has 0 bridgehead atoms.